The Morgan fingerprint density at radius 1 is 0.586 bits per heavy atom. The number of hydrogen-bond donors (Lipinski definition) is 1. The molecule has 0 saturated heterocycles. The van der Waals surface area contributed by atoms with Crippen molar-refractivity contribution in [3.8, 4) is 0 Å². The summed E-state index contributed by atoms with van der Waals surface area (Å²) >= 11 is 0. The Hall–Kier alpha value is -2.00. The highest BCUT2D eigenvalue weighted by atomic mass is 16.5. The molecular formula is C49H94N4O5. The number of aromatic nitrogens is 3. The second-order valence-electron chi connectivity index (χ2n) is 17.2. The molecule has 0 unspecified atom stereocenters. The Morgan fingerprint density at radius 2 is 1.05 bits per heavy atom. The molecule has 1 rings (SSSR count). The van der Waals surface area contributed by atoms with Crippen LogP contribution in [0.5, 0.6) is 0 Å². The SMILES string of the molecule is CCCCCCCCCCCOC(=O)CCCCCN(CCCCCCCC(=O)OC(CCCCCCCC)CCCCCCCC)CCn1cc(CCCO)nn1. The standard InChI is InChI=1S/C49H94N4O5/c1-4-7-10-13-16-17-18-24-32-44-57-48(55)37-29-25-31-40-52(41-42-53-45-46(50-51-53)34-33-43-54)39-30-23-19-22-28-38-49(56)58-47(35-26-20-14-11-8-5-2)36-27-21-15-12-9-6-3/h45,47,54H,4-44H2,1-3H3. The fourth-order valence-corrected chi connectivity index (χ4v) is 7.80. The molecule has 0 aromatic carbocycles. The molecule has 1 aromatic heterocycles. The molecule has 0 bridgehead atoms. The first-order valence-electron chi connectivity index (χ1n) is 25.1. The summed E-state index contributed by atoms with van der Waals surface area (Å²) in [5.41, 5.74) is 0.931. The molecule has 340 valence electrons. The molecule has 1 N–H and O–H groups in total. The van der Waals surface area contributed by atoms with Gasteiger partial charge >= 0.3 is 11.9 Å². The molecule has 9 heteroatoms. The van der Waals surface area contributed by atoms with Crippen molar-refractivity contribution in [2.45, 2.75) is 258 Å². The number of rotatable bonds is 45. The van der Waals surface area contributed by atoms with E-state index >= 15 is 0 Å². The second-order valence-corrected chi connectivity index (χ2v) is 17.2. The predicted molar refractivity (Wildman–Crippen MR) is 242 cm³/mol. The first-order chi connectivity index (χ1) is 28.5. The van der Waals surface area contributed by atoms with Crippen LogP contribution in [0.3, 0.4) is 0 Å². The molecule has 58 heavy (non-hydrogen) atoms. The van der Waals surface area contributed by atoms with Gasteiger partial charge in [-0.05, 0) is 83.7 Å². The third kappa shape index (κ3) is 34.8. The topological polar surface area (TPSA) is 107 Å². The number of nitrogens with zero attached hydrogens (tertiary/aromatic N) is 4. The van der Waals surface area contributed by atoms with Gasteiger partial charge in [-0.1, -0.05) is 167 Å². The first-order valence-corrected chi connectivity index (χ1v) is 25.1. The summed E-state index contributed by atoms with van der Waals surface area (Å²) in [4.78, 5) is 27.7. The van der Waals surface area contributed by atoms with Gasteiger partial charge in [-0.25, -0.2) is 0 Å². The highest BCUT2D eigenvalue weighted by Gasteiger charge is 2.15. The van der Waals surface area contributed by atoms with Gasteiger partial charge in [0.15, 0.2) is 0 Å². The quantitative estimate of drug-likeness (QED) is 0.0512. The maximum absolute atomic E-state index is 12.9. The van der Waals surface area contributed by atoms with Crippen LogP contribution in [0, 0.1) is 0 Å². The van der Waals surface area contributed by atoms with Crippen LogP contribution in [-0.2, 0) is 32.0 Å². The lowest BCUT2D eigenvalue weighted by atomic mass is 10.0. The first kappa shape index (κ1) is 54.0. The lowest BCUT2D eigenvalue weighted by molar-refractivity contribution is -0.150. The van der Waals surface area contributed by atoms with E-state index < -0.39 is 0 Å². The van der Waals surface area contributed by atoms with Crippen molar-refractivity contribution in [3.05, 3.63) is 11.9 Å². The minimum atomic E-state index is -0.0472. The molecule has 0 atom stereocenters. The van der Waals surface area contributed by atoms with Crippen molar-refractivity contribution in [2.75, 3.05) is 32.8 Å². The Bertz CT molecular complexity index is 1020. The zero-order chi connectivity index (χ0) is 42.0. The second kappa shape index (κ2) is 41.7. The van der Waals surface area contributed by atoms with Crippen molar-refractivity contribution in [1.82, 2.24) is 19.9 Å². The Labute approximate surface area is 357 Å². The van der Waals surface area contributed by atoms with Gasteiger partial charge in [-0.2, -0.15) is 0 Å². The van der Waals surface area contributed by atoms with E-state index in [0.29, 0.717) is 25.9 Å². The fourth-order valence-electron chi connectivity index (χ4n) is 7.80. The monoisotopic (exact) mass is 819 g/mol. The van der Waals surface area contributed by atoms with Crippen molar-refractivity contribution >= 4 is 11.9 Å². The van der Waals surface area contributed by atoms with E-state index in [4.69, 9.17) is 14.6 Å². The van der Waals surface area contributed by atoms with Crippen LogP contribution in [0.2, 0.25) is 0 Å². The van der Waals surface area contributed by atoms with Gasteiger partial charge in [-0.3, -0.25) is 14.3 Å². The van der Waals surface area contributed by atoms with Crippen LogP contribution in [-0.4, -0.2) is 75.9 Å². The molecule has 0 spiro atoms. The molecule has 0 amide bonds. The molecule has 9 nitrogen and oxygen atoms in total. The van der Waals surface area contributed by atoms with Gasteiger partial charge in [0.25, 0.3) is 0 Å². The van der Waals surface area contributed by atoms with E-state index in [1.807, 2.05) is 10.9 Å². The molecule has 1 heterocycles. The Balaban J connectivity index is 2.36. The van der Waals surface area contributed by atoms with Crippen LogP contribution < -0.4 is 0 Å². The number of carbonyl (C=O) groups excluding carboxylic acids is 2. The van der Waals surface area contributed by atoms with Crippen LogP contribution in [0.1, 0.15) is 245 Å². The lowest BCUT2D eigenvalue weighted by Gasteiger charge is -2.22. The summed E-state index contributed by atoms with van der Waals surface area (Å²) in [6.07, 6.45) is 41.7. The van der Waals surface area contributed by atoms with Crippen molar-refractivity contribution in [2.24, 2.45) is 0 Å². The number of carbonyl (C=O) groups is 2. The summed E-state index contributed by atoms with van der Waals surface area (Å²) in [5.74, 6) is -0.0399. The summed E-state index contributed by atoms with van der Waals surface area (Å²) in [6, 6.07) is 0. The molecule has 1 aromatic rings. The summed E-state index contributed by atoms with van der Waals surface area (Å²) in [6.45, 7) is 11.3. The number of ether oxygens (including phenoxy) is 2. The number of hydrogen-bond acceptors (Lipinski definition) is 8. The van der Waals surface area contributed by atoms with Crippen LogP contribution in [0.4, 0.5) is 0 Å². The van der Waals surface area contributed by atoms with Gasteiger partial charge in [0.1, 0.15) is 6.10 Å². The molecule has 0 saturated carbocycles. The smallest absolute Gasteiger partial charge is 0.306 e. The van der Waals surface area contributed by atoms with E-state index in [-0.39, 0.29) is 24.6 Å². The van der Waals surface area contributed by atoms with Crippen LogP contribution in [0.15, 0.2) is 6.20 Å². The van der Waals surface area contributed by atoms with E-state index in [1.54, 1.807) is 0 Å². The number of aliphatic hydroxyl groups excluding tert-OH is 1. The highest BCUT2D eigenvalue weighted by molar-refractivity contribution is 5.69. The van der Waals surface area contributed by atoms with E-state index in [2.05, 4.69) is 36.0 Å². The maximum Gasteiger partial charge on any atom is 0.306 e. The molecule has 0 fully saturated rings. The van der Waals surface area contributed by atoms with E-state index in [0.717, 1.165) is 115 Å². The highest BCUT2D eigenvalue weighted by Crippen LogP contribution is 2.19. The average molecular weight is 819 g/mol. The zero-order valence-corrected chi connectivity index (χ0v) is 38.5. The van der Waals surface area contributed by atoms with Gasteiger partial charge in [-0.15, -0.1) is 5.10 Å². The summed E-state index contributed by atoms with van der Waals surface area (Å²) in [5, 5.41) is 17.8. The molecule has 0 aliphatic carbocycles. The third-order valence-electron chi connectivity index (χ3n) is 11.6. The number of unbranched alkanes of at least 4 members (excludes halogenated alkanes) is 24. The van der Waals surface area contributed by atoms with Crippen molar-refractivity contribution in [3.63, 3.8) is 0 Å². The lowest BCUT2D eigenvalue weighted by Crippen LogP contribution is -2.30. The molecule has 0 aliphatic rings. The number of aryl methyl sites for hydroxylation is 1. The third-order valence-corrected chi connectivity index (χ3v) is 11.6. The van der Waals surface area contributed by atoms with Crippen molar-refractivity contribution in [1.29, 1.82) is 0 Å². The Kier molecular flexibility index (Phi) is 38.9. The average Bonchev–Trinajstić information content (AvgIpc) is 3.69. The van der Waals surface area contributed by atoms with E-state index in [1.165, 1.54) is 122 Å². The number of aliphatic hydroxyl groups is 1. The van der Waals surface area contributed by atoms with Crippen LogP contribution >= 0.6 is 0 Å². The predicted octanol–water partition coefficient (Wildman–Crippen LogP) is 12.9. The molecule has 0 radical (unpaired) electrons. The molecular weight excluding hydrogens is 725 g/mol. The minimum Gasteiger partial charge on any atom is -0.466 e. The van der Waals surface area contributed by atoms with Crippen LogP contribution in [0.25, 0.3) is 0 Å². The molecule has 0 aliphatic heterocycles. The van der Waals surface area contributed by atoms with Crippen molar-refractivity contribution < 1.29 is 24.2 Å². The normalized spacial score (nSPS) is 11.6. The summed E-state index contributed by atoms with van der Waals surface area (Å²) in [7, 11) is 0. The zero-order valence-electron chi connectivity index (χ0n) is 38.5. The Morgan fingerprint density at radius 3 is 1.60 bits per heavy atom. The van der Waals surface area contributed by atoms with Gasteiger partial charge in [0, 0.05) is 32.2 Å². The van der Waals surface area contributed by atoms with Gasteiger partial charge in [0.05, 0.1) is 18.8 Å². The summed E-state index contributed by atoms with van der Waals surface area (Å²) < 4.78 is 13.5. The maximum atomic E-state index is 12.9. The van der Waals surface area contributed by atoms with Gasteiger partial charge in [0.2, 0.25) is 0 Å². The fraction of sp³-hybridized carbons (Fsp3) is 0.918. The minimum absolute atomic E-state index is 0.00726. The van der Waals surface area contributed by atoms with Gasteiger partial charge < -0.3 is 19.5 Å². The largest absolute Gasteiger partial charge is 0.466 e. The number of esters is 2. The van der Waals surface area contributed by atoms with E-state index in [9.17, 15) is 9.59 Å².